The molecule has 1 fully saturated rings. The van der Waals surface area contributed by atoms with Gasteiger partial charge in [0, 0.05) is 24.0 Å². The third-order valence-corrected chi connectivity index (χ3v) is 6.32. The van der Waals surface area contributed by atoms with Crippen LogP contribution in [0, 0.1) is 13.8 Å². The zero-order valence-electron chi connectivity index (χ0n) is 20.8. The quantitative estimate of drug-likeness (QED) is 0.550. The van der Waals surface area contributed by atoms with E-state index in [9.17, 15) is 9.59 Å². The zero-order valence-corrected chi connectivity index (χ0v) is 20.8. The first-order valence-electron chi connectivity index (χ1n) is 11.8. The number of benzene rings is 1. The summed E-state index contributed by atoms with van der Waals surface area (Å²) in [4.78, 5) is 36.7. The molecule has 3 aromatic rings. The molecule has 1 aromatic carbocycles. The molecule has 2 aromatic heterocycles. The Balaban J connectivity index is 1.46. The molecule has 0 bridgehead atoms. The summed E-state index contributed by atoms with van der Waals surface area (Å²) in [6, 6.07) is 7.29. The highest BCUT2D eigenvalue weighted by molar-refractivity contribution is 6.15. The molecule has 2 amide bonds. The molecule has 1 aliphatic heterocycles. The summed E-state index contributed by atoms with van der Waals surface area (Å²) in [6.07, 6.45) is 6.46. The van der Waals surface area contributed by atoms with Crippen molar-refractivity contribution in [3.05, 3.63) is 65.5 Å². The van der Waals surface area contributed by atoms with Crippen LogP contribution in [0.5, 0.6) is 0 Å². The fraction of sp³-hybridized carbons (Fsp3) is 0.385. The van der Waals surface area contributed by atoms with Crippen LogP contribution in [0.4, 0.5) is 0 Å². The van der Waals surface area contributed by atoms with Gasteiger partial charge in [-0.05, 0) is 64.2 Å². The Bertz CT molecular complexity index is 1260. The maximum atomic E-state index is 13.5. The summed E-state index contributed by atoms with van der Waals surface area (Å²) in [6.45, 7) is 9.99. The van der Waals surface area contributed by atoms with Crippen LogP contribution in [0.1, 0.15) is 56.6 Å². The highest BCUT2D eigenvalue weighted by Crippen LogP contribution is 2.26. The van der Waals surface area contributed by atoms with Crippen molar-refractivity contribution in [3.63, 3.8) is 0 Å². The number of carbonyl (C=O) groups is 2. The molecule has 9 heteroatoms. The standard InChI is InChI=1S/C26H31N7O2/c1-16(2)24(33-14-17(3)30-31-33)26(35)32-12-6-7-23(32)25(34)29-18(4)20-8-10-21(11-9-20)22-13-27-15-28-19(22)5/h8-11,13-15,18,23H,6-7,12H2,1-5H3,(H,29,34)/t18-,23-/m0/s1. The second kappa shape index (κ2) is 10.2. The Hall–Kier alpha value is -3.88. The lowest BCUT2D eigenvalue weighted by Gasteiger charge is -2.27. The van der Waals surface area contributed by atoms with Crippen molar-refractivity contribution in [2.24, 2.45) is 0 Å². The van der Waals surface area contributed by atoms with Gasteiger partial charge in [0.15, 0.2) is 0 Å². The van der Waals surface area contributed by atoms with Crippen molar-refractivity contribution in [2.75, 3.05) is 6.54 Å². The van der Waals surface area contributed by atoms with Gasteiger partial charge in [-0.2, -0.15) is 0 Å². The highest BCUT2D eigenvalue weighted by Gasteiger charge is 2.36. The lowest BCUT2D eigenvalue weighted by Crippen LogP contribution is -2.47. The van der Waals surface area contributed by atoms with Gasteiger partial charge in [0.1, 0.15) is 18.1 Å². The average Bonchev–Trinajstić information content (AvgIpc) is 3.49. The number of nitrogens with zero attached hydrogens (tertiary/aromatic N) is 6. The molecule has 35 heavy (non-hydrogen) atoms. The van der Waals surface area contributed by atoms with Crippen molar-refractivity contribution < 1.29 is 9.59 Å². The van der Waals surface area contributed by atoms with Crippen molar-refractivity contribution in [2.45, 2.75) is 59.5 Å². The van der Waals surface area contributed by atoms with Crippen LogP contribution in [0.25, 0.3) is 16.8 Å². The van der Waals surface area contributed by atoms with Gasteiger partial charge in [0.2, 0.25) is 5.91 Å². The first-order valence-corrected chi connectivity index (χ1v) is 11.8. The Morgan fingerprint density at radius 2 is 1.89 bits per heavy atom. The van der Waals surface area contributed by atoms with Crippen molar-refractivity contribution in [1.82, 2.24) is 35.2 Å². The van der Waals surface area contributed by atoms with Crippen molar-refractivity contribution in [1.29, 1.82) is 0 Å². The minimum absolute atomic E-state index is 0.150. The van der Waals surface area contributed by atoms with Gasteiger partial charge in [0.25, 0.3) is 5.91 Å². The molecule has 9 nitrogen and oxygen atoms in total. The van der Waals surface area contributed by atoms with Crippen LogP contribution in [0.3, 0.4) is 0 Å². The monoisotopic (exact) mass is 473 g/mol. The predicted molar refractivity (Wildman–Crippen MR) is 133 cm³/mol. The van der Waals surface area contributed by atoms with E-state index in [1.807, 2.05) is 58.9 Å². The number of hydrogen-bond donors (Lipinski definition) is 1. The Morgan fingerprint density at radius 1 is 1.14 bits per heavy atom. The molecule has 0 saturated carbocycles. The number of allylic oxidation sites excluding steroid dienone is 1. The van der Waals surface area contributed by atoms with Gasteiger partial charge in [-0.1, -0.05) is 29.5 Å². The van der Waals surface area contributed by atoms with Gasteiger partial charge < -0.3 is 10.2 Å². The van der Waals surface area contributed by atoms with E-state index in [1.165, 1.54) is 11.0 Å². The lowest BCUT2D eigenvalue weighted by molar-refractivity contribution is -0.135. The van der Waals surface area contributed by atoms with Gasteiger partial charge in [-0.25, -0.2) is 14.6 Å². The largest absolute Gasteiger partial charge is 0.348 e. The summed E-state index contributed by atoms with van der Waals surface area (Å²) in [5.41, 5.74) is 5.88. The van der Waals surface area contributed by atoms with Crippen LogP contribution in [0.2, 0.25) is 0 Å². The molecule has 1 saturated heterocycles. The van der Waals surface area contributed by atoms with Crippen LogP contribution < -0.4 is 5.32 Å². The van der Waals surface area contributed by atoms with E-state index in [0.717, 1.165) is 40.1 Å². The first-order chi connectivity index (χ1) is 16.8. The van der Waals surface area contributed by atoms with E-state index in [-0.39, 0.29) is 17.9 Å². The molecule has 2 atom stereocenters. The van der Waals surface area contributed by atoms with E-state index in [2.05, 4.69) is 25.6 Å². The third kappa shape index (κ3) is 5.13. The topological polar surface area (TPSA) is 106 Å². The minimum atomic E-state index is -0.521. The Labute approximate surface area is 205 Å². The molecule has 0 unspecified atom stereocenters. The van der Waals surface area contributed by atoms with Gasteiger partial charge >= 0.3 is 0 Å². The van der Waals surface area contributed by atoms with Crippen LogP contribution in [0.15, 0.2) is 48.6 Å². The Kier molecular flexibility index (Phi) is 7.04. The first kappa shape index (κ1) is 24.3. The van der Waals surface area contributed by atoms with Crippen molar-refractivity contribution >= 4 is 17.5 Å². The van der Waals surface area contributed by atoms with E-state index in [4.69, 9.17) is 0 Å². The fourth-order valence-electron chi connectivity index (χ4n) is 4.43. The second-order valence-electron chi connectivity index (χ2n) is 9.18. The van der Waals surface area contributed by atoms with Gasteiger partial charge in [0.05, 0.1) is 17.9 Å². The second-order valence-corrected chi connectivity index (χ2v) is 9.18. The normalized spacial score (nSPS) is 16.1. The van der Waals surface area contributed by atoms with E-state index >= 15 is 0 Å². The highest BCUT2D eigenvalue weighted by atomic mass is 16.2. The predicted octanol–water partition coefficient (Wildman–Crippen LogP) is 3.47. The molecular formula is C26H31N7O2. The van der Waals surface area contributed by atoms with E-state index in [0.29, 0.717) is 18.7 Å². The van der Waals surface area contributed by atoms with Crippen LogP contribution in [-0.2, 0) is 9.59 Å². The number of carbonyl (C=O) groups excluding carboxylic acids is 2. The maximum absolute atomic E-state index is 13.5. The van der Waals surface area contributed by atoms with E-state index < -0.39 is 6.04 Å². The molecule has 182 valence electrons. The molecule has 4 rings (SSSR count). The fourth-order valence-corrected chi connectivity index (χ4v) is 4.43. The number of amides is 2. The minimum Gasteiger partial charge on any atom is -0.348 e. The Morgan fingerprint density at radius 3 is 2.51 bits per heavy atom. The van der Waals surface area contributed by atoms with Gasteiger partial charge in [-0.3, -0.25) is 9.59 Å². The summed E-state index contributed by atoms with van der Waals surface area (Å²) in [7, 11) is 0. The van der Waals surface area contributed by atoms with Crippen LogP contribution >= 0.6 is 0 Å². The number of hydrogen-bond acceptors (Lipinski definition) is 6. The molecule has 1 aliphatic rings. The summed E-state index contributed by atoms with van der Waals surface area (Å²) in [5, 5.41) is 11.2. The molecule has 1 N–H and O–H groups in total. The molecule has 3 heterocycles. The number of likely N-dealkylation sites (tertiary alicyclic amines) is 1. The number of rotatable bonds is 6. The third-order valence-electron chi connectivity index (χ3n) is 6.32. The smallest absolute Gasteiger partial charge is 0.273 e. The van der Waals surface area contributed by atoms with E-state index in [1.54, 1.807) is 17.3 Å². The number of nitrogens with one attached hydrogen (secondary N) is 1. The molecule has 0 aliphatic carbocycles. The molecule has 0 radical (unpaired) electrons. The molecule has 0 spiro atoms. The summed E-state index contributed by atoms with van der Waals surface area (Å²) < 4.78 is 1.50. The summed E-state index contributed by atoms with van der Waals surface area (Å²) in [5.74, 6) is -0.354. The van der Waals surface area contributed by atoms with Crippen molar-refractivity contribution in [3.8, 4) is 11.1 Å². The number of aryl methyl sites for hydroxylation is 2. The van der Waals surface area contributed by atoms with Crippen LogP contribution in [-0.4, -0.2) is 54.3 Å². The lowest BCUT2D eigenvalue weighted by atomic mass is 10.0. The zero-order chi connectivity index (χ0) is 25.1. The SMILES string of the molecule is CC(C)=C(C(=O)N1CCC[C@H]1C(=O)N[C@@H](C)c1ccc(-c2cncnc2C)cc1)n1cc(C)nn1. The number of aromatic nitrogens is 5. The molecular weight excluding hydrogens is 442 g/mol. The maximum Gasteiger partial charge on any atom is 0.273 e. The van der Waals surface area contributed by atoms with Gasteiger partial charge in [-0.15, -0.1) is 5.10 Å². The summed E-state index contributed by atoms with van der Waals surface area (Å²) >= 11 is 0. The average molecular weight is 474 g/mol.